The smallest absolute Gasteiger partial charge is 0.274 e. The summed E-state index contributed by atoms with van der Waals surface area (Å²) in [5.74, 6) is -0.777. The molecule has 0 amide bonds. The number of hydrogen-bond donors (Lipinski definition) is 0. The summed E-state index contributed by atoms with van der Waals surface area (Å²) in [4.78, 5) is 23.7. The van der Waals surface area contributed by atoms with Crippen LogP contribution < -0.4 is 15.4 Å². The quantitative estimate of drug-likeness (QED) is 0.663. The molecule has 0 aliphatic heterocycles. The first-order valence-electron chi connectivity index (χ1n) is 7.16. The Kier molecular flexibility index (Phi) is 4.61. The molecule has 122 valence electrons. The van der Waals surface area contributed by atoms with Crippen LogP contribution in [0.1, 0.15) is 10.5 Å². The average Bonchev–Trinajstić information content (AvgIpc) is 2.58. The van der Waals surface area contributed by atoms with E-state index in [-0.39, 0.29) is 35.2 Å². The van der Waals surface area contributed by atoms with Gasteiger partial charge in [-0.1, -0.05) is 34.1 Å². The highest BCUT2D eigenvalue weighted by Crippen LogP contribution is 2.16. The lowest BCUT2D eigenvalue weighted by Gasteiger charge is -2.12. The van der Waals surface area contributed by atoms with Gasteiger partial charge in [0, 0.05) is 9.86 Å². The molecule has 7 heteroatoms. The van der Waals surface area contributed by atoms with Gasteiger partial charge in [-0.15, -0.1) is 0 Å². The second-order valence-electron chi connectivity index (χ2n) is 5.01. The largest absolute Gasteiger partial charge is 0.543 e. The third-order valence-electron chi connectivity index (χ3n) is 3.45. The molecule has 24 heavy (non-hydrogen) atoms. The number of hydrogen-bond acceptors (Lipinski definition) is 5. The molecule has 0 saturated heterocycles. The zero-order valence-electron chi connectivity index (χ0n) is 12.4. The summed E-state index contributed by atoms with van der Waals surface area (Å²) in [5.41, 5.74) is -0.621. The molecule has 1 heterocycles. The summed E-state index contributed by atoms with van der Waals surface area (Å²) in [7, 11) is 0. The van der Waals surface area contributed by atoms with E-state index in [0.29, 0.717) is 5.75 Å². The van der Waals surface area contributed by atoms with Gasteiger partial charge in [-0.3, -0.25) is 4.79 Å². The second-order valence-corrected chi connectivity index (χ2v) is 5.93. The highest BCUT2D eigenvalue weighted by Gasteiger charge is 2.11. The van der Waals surface area contributed by atoms with Crippen molar-refractivity contribution in [2.75, 3.05) is 6.61 Å². The van der Waals surface area contributed by atoms with Gasteiger partial charge >= 0.3 is 0 Å². The predicted molar refractivity (Wildman–Crippen MR) is 90.0 cm³/mol. The first-order chi connectivity index (χ1) is 11.6. The van der Waals surface area contributed by atoms with E-state index in [1.807, 2.05) is 12.1 Å². The Balaban J connectivity index is 1.86. The van der Waals surface area contributed by atoms with Crippen LogP contribution in [0, 0.1) is 0 Å². The summed E-state index contributed by atoms with van der Waals surface area (Å²) in [6.45, 7) is 0.305. The van der Waals surface area contributed by atoms with E-state index in [1.54, 1.807) is 30.3 Å². The van der Waals surface area contributed by atoms with Crippen molar-refractivity contribution < 1.29 is 14.6 Å². The molecule has 1 aromatic heterocycles. The van der Waals surface area contributed by atoms with Gasteiger partial charge < -0.3 is 14.6 Å². The highest BCUT2D eigenvalue weighted by molar-refractivity contribution is 9.10. The fourth-order valence-electron chi connectivity index (χ4n) is 2.32. The number of halogens is 1. The van der Waals surface area contributed by atoms with E-state index in [1.165, 1.54) is 6.07 Å². The van der Waals surface area contributed by atoms with Crippen molar-refractivity contribution in [1.82, 2.24) is 9.78 Å². The Bertz CT molecular complexity index is 951. The van der Waals surface area contributed by atoms with Gasteiger partial charge in [0.2, 0.25) is 0 Å². The number of carbonyl (C=O) groups is 1. The van der Waals surface area contributed by atoms with Crippen molar-refractivity contribution in [2.24, 2.45) is 0 Å². The molecule has 0 bridgehead atoms. The molecule has 0 N–H and O–H groups in total. The normalized spacial score (nSPS) is 10.7. The summed E-state index contributed by atoms with van der Waals surface area (Å²) in [6, 6.07) is 13.7. The summed E-state index contributed by atoms with van der Waals surface area (Å²) >= 11 is 3.33. The van der Waals surface area contributed by atoms with Gasteiger partial charge in [0.05, 0.1) is 17.9 Å². The van der Waals surface area contributed by atoms with E-state index >= 15 is 0 Å². The summed E-state index contributed by atoms with van der Waals surface area (Å²) < 4.78 is 7.57. The maximum absolute atomic E-state index is 12.4. The lowest BCUT2D eigenvalue weighted by Crippen LogP contribution is -2.32. The zero-order valence-corrected chi connectivity index (χ0v) is 14.0. The van der Waals surface area contributed by atoms with Crippen molar-refractivity contribution in [3.63, 3.8) is 0 Å². The molecule has 0 aliphatic carbocycles. The topological polar surface area (TPSA) is 84.2 Å². The SMILES string of the molecule is O=C([O-])c1nn(CCOc2ccc(Br)cc2)c(=O)c2ccccc12. The molecule has 6 nitrogen and oxygen atoms in total. The van der Waals surface area contributed by atoms with Gasteiger partial charge in [-0.25, -0.2) is 4.68 Å². The molecule has 0 aliphatic rings. The predicted octanol–water partition coefficient (Wildman–Crippen LogP) is 1.60. The first-order valence-corrected chi connectivity index (χ1v) is 7.95. The number of aromatic carboxylic acids is 1. The van der Waals surface area contributed by atoms with E-state index < -0.39 is 5.97 Å². The monoisotopic (exact) mass is 387 g/mol. The Labute approximate surface area is 145 Å². The van der Waals surface area contributed by atoms with Crippen molar-refractivity contribution in [3.05, 3.63) is 69.1 Å². The third-order valence-corrected chi connectivity index (χ3v) is 3.98. The van der Waals surface area contributed by atoms with E-state index in [0.717, 1.165) is 9.15 Å². The number of fused-ring (bicyclic) bond motifs is 1. The zero-order chi connectivity index (χ0) is 17.1. The van der Waals surface area contributed by atoms with Crippen LogP contribution in [0.4, 0.5) is 0 Å². The minimum Gasteiger partial charge on any atom is -0.543 e. The number of aromatic nitrogens is 2. The van der Waals surface area contributed by atoms with E-state index in [9.17, 15) is 14.7 Å². The van der Waals surface area contributed by atoms with Crippen molar-refractivity contribution in [2.45, 2.75) is 6.54 Å². The van der Waals surface area contributed by atoms with Gasteiger partial charge in [0.1, 0.15) is 18.1 Å². The van der Waals surface area contributed by atoms with Crippen LogP contribution in [0.15, 0.2) is 57.8 Å². The van der Waals surface area contributed by atoms with Crippen LogP contribution in [-0.4, -0.2) is 22.4 Å². The van der Waals surface area contributed by atoms with Crippen LogP contribution in [0.2, 0.25) is 0 Å². The fourth-order valence-corrected chi connectivity index (χ4v) is 2.58. The number of benzene rings is 2. The van der Waals surface area contributed by atoms with Gasteiger partial charge in [0.15, 0.2) is 0 Å². The maximum Gasteiger partial charge on any atom is 0.274 e. The lowest BCUT2D eigenvalue weighted by atomic mass is 10.1. The van der Waals surface area contributed by atoms with Crippen LogP contribution >= 0.6 is 15.9 Å². The number of carboxylic acid groups (broad SMARTS) is 1. The first kappa shape index (κ1) is 16.2. The number of carboxylic acids is 1. The number of ether oxygens (including phenoxy) is 1. The second kappa shape index (κ2) is 6.84. The third kappa shape index (κ3) is 3.30. The molecule has 3 rings (SSSR count). The number of nitrogens with zero attached hydrogens (tertiary/aromatic N) is 2. The maximum atomic E-state index is 12.4. The Morgan fingerprint density at radius 1 is 1.12 bits per heavy atom. The van der Waals surface area contributed by atoms with E-state index in [4.69, 9.17) is 4.74 Å². The van der Waals surface area contributed by atoms with Crippen LogP contribution in [-0.2, 0) is 6.54 Å². The summed E-state index contributed by atoms with van der Waals surface area (Å²) in [6.07, 6.45) is 0. The molecule has 0 saturated carbocycles. The lowest BCUT2D eigenvalue weighted by molar-refractivity contribution is -0.255. The fraction of sp³-hybridized carbons (Fsp3) is 0.118. The van der Waals surface area contributed by atoms with Gasteiger partial charge in [0.25, 0.3) is 5.56 Å². The average molecular weight is 388 g/mol. The minimum absolute atomic E-state index is 0.125. The standard InChI is InChI=1S/C17H13BrN2O4/c18-11-5-7-12(8-6-11)24-10-9-20-16(21)14-4-2-1-3-13(14)15(19-20)17(22)23/h1-8H,9-10H2,(H,22,23)/p-1. The van der Waals surface area contributed by atoms with Crippen molar-refractivity contribution in [3.8, 4) is 5.75 Å². The Morgan fingerprint density at radius 2 is 1.79 bits per heavy atom. The highest BCUT2D eigenvalue weighted by atomic mass is 79.9. The molecular weight excluding hydrogens is 376 g/mol. The van der Waals surface area contributed by atoms with Crippen LogP contribution in [0.3, 0.4) is 0 Å². The molecule has 0 fully saturated rings. The Hall–Kier alpha value is -2.67. The summed E-state index contributed by atoms with van der Waals surface area (Å²) in [5, 5.41) is 15.7. The number of carbonyl (C=O) groups excluding carboxylic acids is 1. The number of rotatable bonds is 5. The molecule has 0 atom stereocenters. The molecule has 0 spiro atoms. The Morgan fingerprint density at radius 3 is 2.46 bits per heavy atom. The minimum atomic E-state index is -1.42. The molecule has 0 unspecified atom stereocenters. The van der Waals surface area contributed by atoms with Gasteiger partial charge in [-0.2, -0.15) is 5.10 Å². The molecular formula is C17H12BrN2O4-. The van der Waals surface area contributed by atoms with Crippen molar-refractivity contribution >= 4 is 32.7 Å². The van der Waals surface area contributed by atoms with E-state index in [2.05, 4.69) is 21.0 Å². The van der Waals surface area contributed by atoms with Crippen molar-refractivity contribution in [1.29, 1.82) is 0 Å². The molecule has 2 aromatic carbocycles. The molecule has 3 aromatic rings. The molecule has 0 radical (unpaired) electrons. The van der Waals surface area contributed by atoms with Gasteiger partial charge in [-0.05, 0) is 30.3 Å². The van der Waals surface area contributed by atoms with Crippen LogP contribution in [0.5, 0.6) is 5.75 Å². The van der Waals surface area contributed by atoms with Crippen LogP contribution in [0.25, 0.3) is 10.8 Å².